The summed E-state index contributed by atoms with van der Waals surface area (Å²) in [5, 5.41) is 3.79. The summed E-state index contributed by atoms with van der Waals surface area (Å²) < 4.78 is 5.85. The lowest BCUT2D eigenvalue weighted by Crippen LogP contribution is -2.26. The lowest BCUT2D eigenvalue weighted by molar-refractivity contribution is 0.0939. The van der Waals surface area contributed by atoms with Crippen LogP contribution in [0.4, 0.5) is 0 Å². The van der Waals surface area contributed by atoms with Crippen LogP contribution in [0.15, 0.2) is 66.7 Å². The molecule has 1 atom stereocenters. The van der Waals surface area contributed by atoms with Gasteiger partial charge >= 0.3 is 0 Å². The van der Waals surface area contributed by atoms with E-state index in [1.807, 2.05) is 43.3 Å². The molecule has 1 aliphatic carbocycles. The minimum atomic E-state index is -0.108. The molecule has 3 aromatic carbocycles. The van der Waals surface area contributed by atoms with Crippen LogP contribution in [0, 0.1) is 0 Å². The SMILES string of the molecule is C[C@H](NC(=O)c1cccc(OCc2ccccc2Cl)c1)c1ccc2c(c1)CCCC2. The molecule has 1 amide bonds. The van der Waals surface area contributed by atoms with Gasteiger partial charge in [0.2, 0.25) is 0 Å². The molecule has 0 spiro atoms. The van der Waals surface area contributed by atoms with E-state index in [1.165, 1.54) is 24.0 Å². The maximum Gasteiger partial charge on any atom is 0.251 e. The smallest absolute Gasteiger partial charge is 0.251 e. The highest BCUT2D eigenvalue weighted by Crippen LogP contribution is 2.25. The Morgan fingerprint density at radius 2 is 1.80 bits per heavy atom. The zero-order valence-corrected chi connectivity index (χ0v) is 17.9. The van der Waals surface area contributed by atoms with Crippen molar-refractivity contribution in [2.45, 2.75) is 45.3 Å². The Bertz CT molecular complexity index is 1050. The lowest BCUT2D eigenvalue weighted by Gasteiger charge is -2.20. The molecule has 4 heteroatoms. The Hall–Kier alpha value is -2.78. The van der Waals surface area contributed by atoms with E-state index in [0.717, 1.165) is 24.0 Å². The van der Waals surface area contributed by atoms with E-state index in [1.54, 1.807) is 12.1 Å². The molecule has 30 heavy (non-hydrogen) atoms. The summed E-state index contributed by atoms with van der Waals surface area (Å²) in [6.07, 6.45) is 4.82. The van der Waals surface area contributed by atoms with Crippen LogP contribution in [0.5, 0.6) is 5.75 Å². The number of ether oxygens (including phenoxy) is 1. The molecule has 1 aliphatic rings. The van der Waals surface area contributed by atoms with Crippen molar-refractivity contribution in [3.8, 4) is 5.75 Å². The number of fused-ring (bicyclic) bond motifs is 1. The van der Waals surface area contributed by atoms with Gasteiger partial charge in [0.15, 0.2) is 0 Å². The van der Waals surface area contributed by atoms with Gasteiger partial charge in [-0.15, -0.1) is 0 Å². The van der Waals surface area contributed by atoms with E-state index in [0.29, 0.717) is 22.9 Å². The molecule has 3 aromatic rings. The largest absolute Gasteiger partial charge is 0.489 e. The van der Waals surface area contributed by atoms with Gasteiger partial charge in [0.1, 0.15) is 12.4 Å². The number of amides is 1. The van der Waals surface area contributed by atoms with Crippen LogP contribution in [0.1, 0.15) is 58.4 Å². The predicted molar refractivity (Wildman–Crippen MR) is 121 cm³/mol. The Labute approximate surface area is 183 Å². The van der Waals surface area contributed by atoms with Crippen LogP contribution >= 0.6 is 11.6 Å². The highest BCUT2D eigenvalue weighted by Gasteiger charge is 2.15. The van der Waals surface area contributed by atoms with Crippen LogP contribution < -0.4 is 10.1 Å². The molecular formula is C26H26ClNO2. The Balaban J connectivity index is 1.41. The number of aryl methyl sites for hydroxylation is 2. The fourth-order valence-corrected chi connectivity index (χ4v) is 4.08. The van der Waals surface area contributed by atoms with Crippen molar-refractivity contribution < 1.29 is 9.53 Å². The normalized spacial score (nSPS) is 13.9. The second-order valence-corrected chi connectivity index (χ2v) is 8.25. The number of hydrogen-bond donors (Lipinski definition) is 1. The van der Waals surface area contributed by atoms with Crippen LogP contribution in [-0.2, 0) is 19.4 Å². The average molecular weight is 420 g/mol. The summed E-state index contributed by atoms with van der Waals surface area (Å²) in [5.74, 6) is 0.535. The number of hydrogen-bond acceptors (Lipinski definition) is 2. The third-order valence-corrected chi connectivity index (χ3v) is 6.04. The first-order valence-electron chi connectivity index (χ1n) is 10.5. The van der Waals surface area contributed by atoms with Crippen molar-refractivity contribution in [3.63, 3.8) is 0 Å². The van der Waals surface area contributed by atoms with Crippen molar-refractivity contribution in [2.24, 2.45) is 0 Å². The molecule has 0 saturated carbocycles. The molecule has 1 N–H and O–H groups in total. The van der Waals surface area contributed by atoms with Crippen LogP contribution in [-0.4, -0.2) is 5.91 Å². The van der Waals surface area contributed by atoms with Gasteiger partial charge in [-0.3, -0.25) is 4.79 Å². The monoisotopic (exact) mass is 419 g/mol. The van der Waals surface area contributed by atoms with Gasteiger partial charge < -0.3 is 10.1 Å². The number of nitrogens with one attached hydrogen (secondary N) is 1. The second kappa shape index (κ2) is 9.36. The van der Waals surface area contributed by atoms with Gasteiger partial charge in [-0.05, 0) is 73.6 Å². The standard InChI is InChI=1S/C26H26ClNO2/c1-18(20-14-13-19-7-2-3-8-21(19)15-20)28-26(29)22-10-6-11-24(16-22)30-17-23-9-4-5-12-25(23)27/h4-6,9-16,18H,2-3,7-8,17H2,1H3,(H,28,29)/t18-/m0/s1. The molecule has 154 valence electrons. The molecule has 3 nitrogen and oxygen atoms in total. The zero-order valence-electron chi connectivity index (χ0n) is 17.2. The maximum atomic E-state index is 12.8. The molecule has 0 aliphatic heterocycles. The first-order chi connectivity index (χ1) is 14.6. The summed E-state index contributed by atoms with van der Waals surface area (Å²) in [4.78, 5) is 12.8. The number of carbonyl (C=O) groups is 1. The van der Waals surface area contributed by atoms with Crippen molar-refractivity contribution in [1.29, 1.82) is 0 Å². The van der Waals surface area contributed by atoms with Gasteiger partial charge in [0, 0.05) is 16.1 Å². The molecule has 0 heterocycles. The first-order valence-corrected chi connectivity index (χ1v) is 10.9. The van der Waals surface area contributed by atoms with Gasteiger partial charge in [-0.1, -0.05) is 54.1 Å². The van der Waals surface area contributed by atoms with Crippen LogP contribution in [0.2, 0.25) is 5.02 Å². The van der Waals surface area contributed by atoms with E-state index in [9.17, 15) is 4.79 Å². The minimum absolute atomic E-state index is 0.0579. The second-order valence-electron chi connectivity index (χ2n) is 7.84. The number of rotatable bonds is 6. The molecule has 0 radical (unpaired) electrons. The lowest BCUT2D eigenvalue weighted by atomic mass is 9.89. The van der Waals surface area contributed by atoms with E-state index < -0.39 is 0 Å². The molecule has 0 fully saturated rings. The third-order valence-electron chi connectivity index (χ3n) is 5.67. The quantitative estimate of drug-likeness (QED) is 0.510. The zero-order chi connectivity index (χ0) is 20.9. The van der Waals surface area contributed by atoms with Gasteiger partial charge in [-0.2, -0.15) is 0 Å². The van der Waals surface area contributed by atoms with Crippen molar-refractivity contribution in [3.05, 3.63) is 99.6 Å². The fraction of sp³-hybridized carbons (Fsp3) is 0.269. The molecule has 4 rings (SSSR count). The molecule has 0 bridgehead atoms. The minimum Gasteiger partial charge on any atom is -0.489 e. The van der Waals surface area contributed by atoms with Gasteiger partial charge in [-0.25, -0.2) is 0 Å². The average Bonchev–Trinajstić information content (AvgIpc) is 2.78. The Kier molecular flexibility index (Phi) is 6.39. The van der Waals surface area contributed by atoms with Gasteiger partial charge in [0.05, 0.1) is 6.04 Å². The van der Waals surface area contributed by atoms with E-state index in [2.05, 4.69) is 23.5 Å². The maximum absolute atomic E-state index is 12.8. The van der Waals surface area contributed by atoms with Crippen LogP contribution in [0.25, 0.3) is 0 Å². The molecule has 0 aromatic heterocycles. The number of halogens is 1. The summed E-state index contributed by atoms with van der Waals surface area (Å²) in [6.45, 7) is 2.39. The highest BCUT2D eigenvalue weighted by atomic mass is 35.5. The Morgan fingerprint density at radius 1 is 1.00 bits per heavy atom. The summed E-state index contributed by atoms with van der Waals surface area (Å²) in [5.41, 5.74) is 5.52. The summed E-state index contributed by atoms with van der Waals surface area (Å²) in [6, 6.07) is 21.4. The van der Waals surface area contributed by atoms with Gasteiger partial charge in [0.25, 0.3) is 5.91 Å². The van der Waals surface area contributed by atoms with Crippen molar-refractivity contribution in [2.75, 3.05) is 0 Å². The predicted octanol–water partition coefficient (Wildman–Crippen LogP) is 6.29. The Morgan fingerprint density at radius 3 is 2.63 bits per heavy atom. The first kappa shape index (κ1) is 20.5. The molecule has 0 saturated heterocycles. The third kappa shape index (κ3) is 4.85. The topological polar surface area (TPSA) is 38.3 Å². The molecular weight excluding hydrogens is 394 g/mol. The van der Waals surface area contributed by atoms with E-state index >= 15 is 0 Å². The fourth-order valence-electron chi connectivity index (χ4n) is 3.89. The summed E-state index contributed by atoms with van der Waals surface area (Å²) in [7, 11) is 0. The molecule has 0 unspecified atom stereocenters. The highest BCUT2D eigenvalue weighted by molar-refractivity contribution is 6.31. The number of benzene rings is 3. The number of carbonyl (C=O) groups excluding carboxylic acids is 1. The van der Waals surface area contributed by atoms with Crippen LogP contribution in [0.3, 0.4) is 0 Å². The van der Waals surface area contributed by atoms with Crippen molar-refractivity contribution >= 4 is 17.5 Å². The van der Waals surface area contributed by atoms with Crippen molar-refractivity contribution in [1.82, 2.24) is 5.32 Å². The van der Waals surface area contributed by atoms with E-state index in [-0.39, 0.29) is 11.9 Å². The summed E-state index contributed by atoms with van der Waals surface area (Å²) >= 11 is 6.19. The van der Waals surface area contributed by atoms with E-state index in [4.69, 9.17) is 16.3 Å².